The number of nitrogens with one attached hydrogen (secondary N) is 1. The van der Waals surface area contributed by atoms with Crippen molar-refractivity contribution in [2.45, 2.75) is 38.2 Å². The molecule has 0 saturated heterocycles. The fourth-order valence-corrected chi connectivity index (χ4v) is 1.89. The van der Waals surface area contributed by atoms with Crippen molar-refractivity contribution >= 4 is 5.91 Å². The fraction of sp³-hybridized carbons (Fsp3) is 0.769. The summed E-state index contributed by atoms with van der Waals surface area (Å²) in [7, 11) is 1.68. The van der Waals surface area contributed by atoms with E-state index in [1.54, 1.807) is 7.11 Å². The Hall–Kier alpha value is -0.870. The van der Waals surface area contributed by atoms with E-state index in [1.807, 2.05) is 6.92 Å². The topological polar surface area (TPSA) is 47.6 Å². The molecule has 0 unspecified atom stereocenters. The first kappa shape index (κ1) is 14.2. The van der Waals surface area contributed by atoms with E-state index in [9.17, 15) is 4.79 Å². The predicted octanol–water partition coefficient (Wildman–Crippen LogP) is 1.65. The minimum atomic E-state index is -0.192. The lowest BCUT2D eigenvalue weighted by Crippen LogP contribution is -2.44. The van der Waals surface area contributed by atoms with E-state index in [1.165, 1.54) is 0 Å². The smallest absolute Gasteiger partial charge is 0.222 e. The lowest BCUT2D eigenvalue weighted by molar-refractivity contribution is -0.134. The number of amides is 1. The van der Waals surface area contributed by atoms with E-state index in [-0.39, 0.29) is 11.5 Å². The van der Waals surface area contributed by atoms with E-state index in [0.717, 1.165) is 24.8 Å². The first-order valence-electron chi connectivity index (χ1n) is 6.12. The Morgan fingerprint density at radius 1 is 1.47 bits per heavy atom. The molecule has 1 fully saturated rings. The van der Waals surface area contributed by atoms with Crippen LogP contribution >= 0.6 is 0 Å². The first-order chi connectivity index (χ1) is 8.08. The average molecular weight is 241 g/mol. The molecule has 1 amide bonds. The second-order valence-corrected chi connectivity index (χ2v) is 4.78. The number of hydrogen-bond acceptors (Lipinski definition) is 3. The molecule has 0 aliphatic heterocycles. The average Bonchev–Trinajstić information content (AvgIpc) is 2.22. The van der Waals surface area contributed by atoms with Crippen molar-refractivity contribution < 1.29 is 14.3 Å². The van der Waals surface area contributed by atoms with Crippen LogP contribution in [0.4, 0.5) is 0 Å². The zero-order valence-electron chi connectivity index (χ0n) is 10.9. The van der Waals surface area contributed by atoms with Crippen LogP contribution < -0.4 is 5.32 Å². The monoisotopic (exact) mass is 241 g/mol. The highest BCUT2D eigenvalue weighted by Crippen LogP contribution is 2.37. The molecule has 0 aromatic heterocycles. The van der Waals surface area contributed by atoms with Gasteiger partial charge in [0.1, 0.15) is 0 Å². The Balaban J connectivity index is 2.07. The number of methoxy groups -OCH3 is 1. The summed E-state index contributed by atoms with van der Waals surface area (Å²) in [5.41, 5.74) is 0.798. The van der Waals surface area contributed by atoms with Gasteiger partial charge in [-0.3, -0.25) is 4.79 Å². The quantitative estimate of drug-likeness (QED) is 0.519. The first-order valence-corrected chi connectivity index (χ1v) is 6.12. The van der Waals surface area contributed by atoms with Gasteiger partial charge in [-0.1, -0.05) is 12.2 Å². The second kappa shape index (κ2) is 6.77. The third kappa shape index (κ3) is 4.88. The summed E-state index contributed by atoms with van der Waals surface area (Å²) in [6.07, 6.45) is 3.60. The van der Waals surface area contributed by atoms with Gasteiger partial charge < -0.3 is 14.8 Å². The van der Waals surface area contributed by atoms with E-state index >= 15 is 0 Å². The minimum Gasteiger partial charge on any atom is -0.378 e. The van der Waals surface area contributed by atoms with Crippen molar-refractivity contribution in [3.63, 3.8) is 0 Å². The normalized spacial score (nSPS) is 17.3. The number of carbonyl (C=O) groups is 1. The van der Waals surface area contributed by atoms with Crippen LogP contribution in [-0.4, -0.2) is 38.4 Å². The summed E-state index contributed by atoms with van der Waals surface area (Å²) >= 11 is 0. The van der Waals surface area contributed by atoms with Crippen molar-refractivity contribution in [1.82, 2.24) is 5.32 Å². The second-order valence-electron chi connectivity index (χ2n) is 4.78. The molecule has 1 N–H and O–H groups in total. The van der Waals surface area contributed by atoms with Crippen LogP contribution in [-0.2, 0) is 14.3 Å². The SMILES string of the molecule is C=C(C)COCCNC(=O)CC1(OC)CCC1. The molecule has 1 saturated carbocycles. The third-order valence-corrected chi connectivity index (χ3v) is 3.10. The maximum absolute atomic E-state index is 11.6. The standard InChI is InChI=1S/C13H23NO3/c1-11(2)10-17-8-7-14-12(15)9-13(16-3)5-4-6-13/h1,4-10H2,2-3H3,(H,14,15). The predicted molar refractivity (Wildman–Crippen MR) is 66.9 cm³/mol. The lowest BCUT2D eigenvalue weighted by atomic mass is 9.77. The van der Waals surface area contributed by atoms with Crippen molar-refractivity contribution in [2.75, 3.05) is 26.9 Å². The Labute approximate surface area is 103 Å². The summed E-state index contributed by atoms with van der Waals surface area (Å²) < 4.78 is 10.7. The third-order valence-electron chi connectivity index (χ3n) is 3.10. The lowest BCUT2D eigenvalue weighted by Gasteiger charge is -2.39. The Kier molecular flexibility index (Phi) is 5.65. The van der Waals surface area contributed by atoms with E-state index in [4.69, 9.17) is 9.47 Å². The highest BCUT2D eigenvalue weighted by atomic mass is 16.5. The van der Waals surface area contributed by atoms with Crippen molar-refractivity contribution in [3.05, 3.63) is 12.2 Å². The van der Waals surface area contributed by atoms with Gasteiger partial charge in [-0.25, -0.2) is 0 Å². The summed E-state index contributed by atoms with van der Waals surface area (Å²) in [5.74, 6) is 0.0467. The largest absolute Gasteiger partial charge is 0.378 e. The van der Waals surface area contributed by atoms with Crippen LogP contribution in [0.5, 0.6) is 0 Å². The Morgan fingerprint density at radius 3 is 2.65 bits per heavy atom. The Morgan fingerprint density at radius 2 is 2.18 bits per heavy atom. The van der Waals surface area contributed by atoms with E-state index < -0.39 is 0 Å². The molecule has 1 aliphatic carbocycles. The van der Waals surface area contributed by atoms with Crippen LogP contribution in [0.3, 0.4) is 0 Å². The molecular formula is C13H23NO3. The number of rotatable bonds is 8. The molecule has 0 heterocycles. The number of carbonyl (C=O) groups excluding carboxylic acids is 1. The van der Waals surface area contributed by atoms with Gasteiger partial charge in [0.2, 0.25) is 5.91 Å². The van der Waals surface area contributed by atoms with E-state index in [2.05, 4.69) is 11.9 Å². The van der Waals surface area contributed by atoms with Crippen LogP contribution in [0.15, 0.2) is 12.2 Å². The van der Waals surface area contributed by atoms with E-state index in [0.29, 0.717) is 26.2 Å². The van der Waals surface area contributed by atoms with Gasteiger partial charge in [0.05, 0.1) is 25.2 Å². The minimum absolute atomic E-state index is 0.0467. The zero-order valence-corrected chi connectivity index (χ0v) is 10.9. The van der Waals surface area contributed by atoms with Gasteiger partial charge in [0.15, 0.2) is 0 Å². The summed E-state index contributed by atoms with van der Waals surface area (Å²) in [6.45, 7) is 7.28. The number of hydrogen-bond donors (Lipinski definition) is 1. The van der Waals surface area contributed by atoms with Gasteiger partial charge >= 0.3 is 0 Å². The van der Waals surface area contributed by atoms with Crippen molar-refractivity contribution in [1.29, 1.82) is 0 Å². The van der Waals surface area contributed by atoms with Gasteiger partial charge in [-0.05, 0) is 26.2 Å². The van der Waals surface area contributed by atoms with Crippen molar-refractivity contribution in [2.24, 2.45) is 0 Å². The van der Waals surface area contributed by atoms with Crippen LogP contribution in [0, 0.1) is 0 Å². The molecule has 1 rings (SSSR count). The maximum atomic E-state index is 11.6. The Bertz CT molecular complexity index is 266. The fourth-order valence-electron chi connectivity index (χ4n) is 1.89. The van der Waals surface area contributed by atoms with Crippen LogP contribution in [0.2, 0.25) is 0 Å². The molecule has 4 heteroatoms. The molecule has 0 aromatic rings. The molecule has 17 heavy (non-hydrogen) atoms. The van der Waals surface area contributed by atoms with Gasteiger partial charge in [0.25, 0.3) is 0 Å². The molecule has 0 radical (unpaired) electrons. The van der Waals surface area contributed by atoms with Crippen LogP contribution in [0.25, 0.3) is 0 Å². The number of ether oxygens (including phenoxy) is 2. The van der Waals surface area contributed by atoms with Crippen molar-refractivity contribution in [3.8, 4) is 0 Å². The van der Waals surface area contributed by atoms with Gasteiger partial charge in [-0.15, -0.1) is 0 Å². The highest BCUT2D eigenvalue weighted by molar-refractivity contribution is 5.77. The van der Waals surface area contributed by atoms with Gasteiger partial charge in [-0.2, -0.15) is 0 Å². The summed E-state index contributed by atoms with van der Waals surface area (Å²) in [5, 5.41) is 2.84. The van der Waals surface area contributed by atoms with Crippen LogP contribution in [0.1, 0.15) is 32.6 Å². The summed E-state index contributed by atoms with van der Waals surface area (Å²) in [4.78, 5) is 11.6. The molecule has 1 aliphatic rings. The van der Waals surface area contributed by atoms with Gasteiger partial charge in [0, 0.05) is 13.7 Å². The molecular weight excluding hydrogens is 218 g/mol. The highest BCUT2D eigenvalue weighted by Gasteiger charge is 2.38. The summed E-state index contributed by atoms with van der Waals surface area (Å²) in [6, 6.07) is 0. The molecule has 98 valence electrons. The molecule has 0 atom stereocenters. The molecule has 4 nitrogen and oxygen atoms in total. The molecule has 0 bridgehead atoms. The molecule has 0 spiro atoms. The molecule has 0 aromatic carbocycles. The maximum Gasteiger partial charge on any atom is 0.222 e. The zero-order chi connectivity index (χ0) is 12.7.